The van der Waals surface area contributed by atoms with Crippen LogP contribution in [0.2, 0.25) is 5.02 Å². The van der Waals surface area contributed by atoms with E-state index in [2.05, 4.69) is 10.3 Å². The fourth-order valence-corrected chi connectivity index (χ4v) is 4.03. The summed E-state index contributed by atoms with van der Waals surface area (Å²) in [6.45, 7) is 3.80. The van der Waals surface area contributed by atoms with E-state index in [0.717, 1.165) is 5.69 Å². The number of hydrogen-bond donors (Lipinski definition) is 0. The molecule has 0 saturated carbocycles. The molecule has 0 amide bonds. The van der Waals surface area contributed by atoms with Crippen LogP contribution in [0.25, 0.3) is 0 Å². The molecule has 1 aromatic carbocycles. The lowest BCUT2D eigenvalue weighted by Gasteiger charge is -2.20. The summed E-state index contributed by atoms with van der Waals surface area (Å²) < 4.78 is 29.1. The molecule has 3 rings (SSSR count). The maximum atomic E-state index is 13.7. The van der Waals surface area contributed by atoms with Gasteiger partial charge in [0.1, 0.15) is 28.6 Å². The highest BCUT2D eigenvalue weighted by molar-refractivity contribution is 7.98. The van der Waals surface area contributed by atoms with Gasteiger partial charge in [0.2, 0.25) is 0 Å². The molecule has 4 nitrogen and oxygen atoms in total. The molecule has 1 aromatic heterocycles. The van der Waals surface area contributed by atoms with Crippen LogP contribution in [0, 0.1) is 18.6 Å². The quantitative estimate of drug-likeness (QED) is 0.762. The molecule has 0 fully saturated rings. The van der Waals surface area contributed by atoms with Gasteiger partial charge in [0.05, 0.1) is 10.7 Å². The Hall–Kier alpha value is -1.60. The van der Waals surface area contributed by atoms with E-state index in [1.54, 1.807) is 4.68 Å². The van der Waals surface area contributed by atoms with Crippen LogP contribution in [0.15, 0.2) is 23.4 Å². The van der Waals surface area contributed by atoms with Gasteiger partial charge in [0.25, 0.3) is 0 Å². The van der Waals surface area contributed by atoms with E-state index >= 15 is 0 Å². The van der Waals surface area contributed by atoms with Gasteiger partial charge in [-0.2, -0.15) is 16.9 Å². The first-order valence-corrected chi connectivity index (χ1v) is 9.29. The zero-order valence-electron chi connectivity index (χ0n) is 14.1. The molecular weight excluding hydrogens is 368 g/mol. The van der Waals surface area contributed by atoms with Crippen LogP contribution in [0.4, 0.5) is 8.78 Å². The van der Waals surface area contributed by atoms with Crippen molar-refractivity contribution < 1.29 is 13.6 Å². The number of halogens is 3. The van der Waals surface area contributed by atoms with Crippen molar-refractivity contribution in [2.45, 2.75) is 31.6 Å². The number of aromatic nitrogens is 2. The minimum absolute atomic E-state index is 0.0821. The molecule has 1 unspecified atom stereocenters. The number of aryl methyl sites for hydroxylation is 1. The molecule has 8 heteroatoms. The summed E-state index contributed by atoms with van der Waals surface area (Å²) in [5, 5.41) is 9.07. The van der Waals surface area contributed by atoms with Crippen molar-refractivity contribution in [3.05, 3.63) is 51.8 Å². The molecule has 0 aliphatic carbocycles. The van der Waals surface area contributed by atoms with E-state index < -0.39 is 17.2 Å². The molecule has 2 heterocycles. The van der Waals surface area contributed by atoms with Crippen LogP contribution in [0.3, 0.4) is 0 Å². The molecule has 0 radical (unpaired) electrons. The Balaban J connectivity index is 1.62. The van der Waals surface area contributed by atoms with Crippen LogP contribution >= 0.6 is 23.4 Å². The zero-order chi connectivity index (χ0) is 18.2. The lowest BCUT2D eigenvalue weighted by molar-refractivity contribution is 0.0163. The SMILES string of the molecule is Cc1c(Cl)c(C2=NOC(C)(CSCc3c(F)cccc3F)C2)nn1C. The second-order valence-corrected chi connectivity index (χ2v) is 7.68. The topological polar surface area (TPSA) is 39.4 Å². The number of oxime groups is 1. The zero-order valence-corrected chi connectivity index (χ0v) is 15.7. The van der Waals surface area contributed by atoms with E-state index in [1.807, 2.05) is 20.9 Å². The Labute approximate surface area is 154 Å². The second kappa shape index (κ2) is 6.96. The number of hydrogen-bond acceptors (Lipinski definition) is 4. The van der Waals surface area contributed by atoms with E-state index in [-0.39, 0.29) is 11.3 Å². The summed E-state index contributed by atoms with van der Waals surface area (Å²) in [6, 6.07) is 3.89. The Morgan fingerprint density at radius 3 is 2.64 bits per heavy atom. The molecule has 0 spiro atoms. The summed E-state index contributed by atoms with van der Waals surface area (Å²) in [5.74, 6) is -0.289. The van der Waals surface area contributed by atoms with Crippen molar-refractivity contribution in [3.63, 3.8) is 0 Å². The molecule has 0 bridgehead atoms. The van der Waals surface area contributed by atoms with Crippen molar-refractivity contribution in [2.24, 2.45) is 12.2 Å². The van der Waals surface area contributed by atoms with Gasteiger partial charge in [0, 0.05) is 30.5 Å². The highest BCUT2D eigenvalue weighted by Crippen LogP contribution is 2.33. The number of thioether (sulfide) groups is 1. The Bertz CT molecular complexity index is 819. The van der Waals surface area contributed by atoms with E-state index in [0.29, 0.717) is 28.6 Å². The summed E-state index contributed by atoms with van der Waals surface area (Å²) in [5.41, 5.74) is 1.69. The van der Waals surface area contributed by atoms with Crippen LogP contribution < -0.4 is 0 Å². The fraction of sp³-hybridized carbons (Fsp3) is 0.412. The number of benzene rings is 1. The van der Waals surface area contributed by atoms with Gasteiger partial charge in [-0.1, -0.05) is 22.8 Å². The summed E-state index contributed by atoms with van der Waals surface area (Å²) in [6.07, 6.45) is 0.538. The summed E-state index contributed by atoms with van der Waals surface area (Å²) >= 11 is 7.70. The van der Waals surface area contributed by atoms with Gasteiger partial charge in [0.15, 0.2) is 0 Å². The molecule has 1 aliphatic rings. The smallest absolute Gasteiger partial charge is 0.149 e. The summed E-state index contributed by atoms with van der Waals surface area (Å²) in [7, 11) is 1.82. The Kier molecular flexibility index (Phi) is 5.06. The molecular formula is C17H18ClF2N3OS. The predicted molar refractivity (Wildman–Crippen MR) is 96.1 cm³/mol. The van der Waals surface area contributed by atoms with Gasteiger partial charge in [-0.15, -0.1) is 0 Å². The minimum Gasteiger partial charge on any atom is -0.388 e. The normalized spacial score (nSPS) is 19.8. The third kappa shape index (κ3) is 3.67. The molecule has 134 valence electrons. The monoisotopic (exact) mass is 385 g/mol. The van der Waals surface area contributed by atoms with Crippen LogP contribution in [0.5, 0.6) is 0 Å². The first-order chi connectivity index (χ1) is 11.8. The van der Waals surface area contributed by atoms with Crippen molar-refractivity contribution in [1.82, 2.24) is 9.78 Å². The lowest BCUT2D eigenvalue weighted by atomic mass is 10.0. The highest BCUT2D eigenvalue weighted by Gasteiger charge is 2.37. The molecule has 1 atom stereocenters. The maximum absolute atomic E-state index is 13.7. The Morgan fingerprint density at radius 1 is 1.36 bits per heavy atom. The molecule has 0 N–H and O–H groups in total. The first-order valence-electron chi connectivity index (χ1n) is 7.76. The average Bonchev–Trinajstić information content (AvgIpc) is 3.06. The van der Waals surface area contributed by atoms with Crippen LogP contribution in [0.1, 0.15) is 30.3 Å². The van der Waals surface area contributed by atoms with Gasteiger partial charge in [-0.25, -0.2) is 8.78 Å². The largest absolute Gasteiger partial charge is 0.388 e. The number of nitrogens with zero attached hydrogens (tertiary/aromatic N) is 3. The third-order valence-electron chi connectivity index (χ3n) is 4.17. The minimum atomic E-state index is -0.559. The van der Waals surface area contributed by atoms with Crippen molar-refractivity contribution in [3.8, 4) is 0 Å². The summed E-state index contributed by atoms with van der Waals surface area (Å²) in [4.78, 5) is 5.58. The lowest BCUT2D eigenvalue weighted by Crippen LogP contribution is -2.28. The van der Waals surface area contributed by atoms with Crippen molar-refractivity contribution in [2.75, 3.05) is 5.75 Å². The Morgan fingerprint density at radius 2 is 2.04 bits per heavy atom. The molecule has 1 aliphatic heterocycles. The average molecular weight is 386 g/mol. The first kappa shape index (κ1) is 18.2. The standard InChI is InChI=1S/C17H18ClF2N3OS/c1-10-15(18)16(21-23(10)3)14-7-17(2,24-22-14)9-25-8-11-12(19)5-4-6-13(11)20/h4-6H,7-9H2,1-3H3. The van der Waals surface area contributed by atoms with Gasteiger partial charge in [-0.05, 0) is 26.0 Å². The van der Waals surface area contributed by atoms with Crippen molar-refractivity contribution in [1.29, 1.82) is 0 Å². The van der Waals surface area contributed by atoms with Crippen LogP contribution in [-0.4, -0.2) is 26.8 Å². The third-order valence-corrected chi connectivity index (χ3v) is 5.93. The van der Waals surface area contributed by atoms with E-state index in [9.17, 15) is 8.78 Å². The maximum Gasteiger partial charge on any atom is 0.149 e. The molecule has 0 saturated heterocycles. The van der Waals surface area contributed by atoms with Crippen LogP contribution in [-0.2, 0) is 17.6 Å². The predicted octanol–water partition coefficient (Wildman–Crippen LogP) is 4.48. The number of rotatable bonds is 5. The molecule has 25 heavy (non-hydrogen) atoms. The fourth-order valence-electron chi connectivity index (χ4n) is 2.59. The van der Waals surface area contributed by atoms with E-state index in [4.69, 9.17) is 16.4 Å². The second-order valence-electron chi connectivity index (χ2n) is 6.32. The van der Waals surface area contributed by atoms with Gasteiger partial charge >= 0.3 is 0 Å². The van der Waals surface area contributed by atoms with E-state index in [1.165, 1.54) is 30.0 Å². The van der Waals surface area contributed by atoms with Gasteiger partial charge < -0.3 is 4.84 Å². The van der Waals surface area contributed by atoms with Gasteiger partial charge in [-0.3, -0.25) is 4.68 Å². The highest BCUT2D eigenvalue weighted by atomic mass is 35.5. The molecule has 2 aromatic rings. The van der Waals surface area contributed by atoms with Crippen molar-refractivity contribution >= 4 is 29.1 Å².